The topological polar surface area (TPSA) is 106 Å². The molecular weight excluding hydrogens is 382 g/mol. The Morgan fingerprint density at radius 2 is 1.86 bits per heavy atom. The normalized spacial score (nSPS) is 16.4. The van der Waals surface area contributed by atoms with Crippen LogP contribution in [0.4, 0.5) is 5.69 Å². The Balaban J connectivity index is 1.49. The van der Waals surface area contributed by atoms with Crippen molar-refractivity contribution >= 4 is 15.7 Å². The van der Waals surface area contributed by atoms with Gasteiger partial charge < -0.3 is 4.42 Å². The fourth-order valence-corrected chi connectivity index (χ4v) is 4.60. The van der Waals surface area contributed by atoms with Crippen LogP contribution in [0.2, 0.25) is 0 Å². The highest BCUT2D eigenvalue weighted by Gasteiger charge is 2.23. The van der Waals surface area contributed by atoms with Gasteiger partial charge in [-0.05, 0) is 63.9 Å². The number of piperidine rings is 1. The van der Waals surface area contributed by atoms with Gasteiger partial charge in [0.2, 0.25) is 10.0 Å². The summed E-state index contributed by atoms with van der Waals surface area (Å²) in [5.41, 5.74) is 1.07. The summed E-state index contributed by atoms with van der Waals surface area (Å²) in [6.45, 7) is 6.96. The van der Waals surface area contributed by atoms with Gasteiger partial charge in [-0.15, -0.1) is 0 Å². The van der Waals surface area contributed by atoms with Gasteiger partial charge in [0, 0.05) is 30.8 Å². The number of sulfonamides is 1. The molecule has 8 nitrogen and oxygen atoms in total. The lowest BCUT2D eigenvalue weighted by Gasteiger charge is -2.31. The van der Waals surface area contributed by atoms with E-state index in [0.717, 1.165) is 44.0 Å². The summed E-state index contributed by atoms with van der Waals surface area (Å²) in [4.78, 5) is 12.5. The molecule has 2 heterocycles. The van der Waals surface area contributed by atoms with Crippen molar-refractivity contribution in [3.63, 3.8) is 0 Å². The molecule has 0 radical (unpaired) electrons. The Labute approximate surface area is 164 Å². The zero-order valence-electron chi connectivity index (χ0n) is 16.1. The van der Waals surface area contributed by atoms with E-state index in [9.17, 15) is 18.5 Å². The SMILES string of the molecule is Cc1cc(CN2CCC(CNS(=O)(=O)c3ccc([N+](=O)[O-])cc3)CC2)c(C)o1. The molecule has 28 heavy (non-hydrogen) atoms. The van der Waals surface area contributed by atoms with E-state index < -0.39 is 14.9 Å². The fourth-order valence-electron chi connectivity index (χ4n) is 3.49. The van der Waals surface area contributed by atoms with Crippen LogP contribution in [0, 0.1) is 29.9 Å². The van der Waals surface area contributed by atoms with Crippen LogP contribution in [0.15, 0.2) is 39.6 Å². The lowest BCUT2D eigenvalue weighted by atomic mass is 9.97. The molecule has 0 unspecified atom stereocenters. The number of aryl methyl sites for hydroxylation is 2. The third-order valence-corrected chi connectivity index (χ3v) is 6.60. The smallest absolute Gasteiger partial charge is 0.269 e. The number of benzene rings is 1. The molecule has 1 aliphatic heterocycles. The Kier molecular flexibility index (Phi) is 6.17. The summed E-state index contributed by atoms with van der Waals surface area (Å²) in [6, 6.07) is 7.00. The summed E-state index contributed by atoms with van der Waals surface area (Å²) in [5, 5.41) is 10.7. The second-order valence-corrected chi connectivity index (χ2v) is 9.03. The first-order valence-electron chi connectivity index (χ1n) is 9.27. The van der Waals surface area contributed by atoms with Crippen LogP contribution in [0.3, 0.4) is 0 Å². The first-order valence-corrected chi connectivity index (χ1v) is 10.8. The Morgan fingerprint density at radius 3 is 2.39 bits per heavy atom. The summed E-state index contributed by atoms with van der Waals surface area (Å²) >= 11 is 0. The number of non-ortho nitro benzene ring substituents is 1. The maximum absolute atomic E-state index is 12.4. The molecule has 3 rings (SSSR count). The zero-order chi connectivity index (χ0) is 20.3. The minimum Gasteiger partial charge on any atom is -0.466 e. The van der Waals surface area contributed by atoms with Gasteiger partial charge in [0.1, 0.15) is 11.5 Å². The zero-order valence-corrected chi connectivity index (χ0v) is 16.9. The van der Waals surface area contributed by atoms with E-state index in [2.05, 4.69) is 15.7 Å². The van der Waals surface area contributed by atoms with E-state index in [1.54, 1.807) is 0 Å². The minimum atomic E-state index is -3.67. The van der Waals surface area contributed by atoms with Crippen LogP contribution in [0.25, 0.3) is 0 Å². The average Bonchev–Trinajstić information content (AvgIpc) is 2.98. The van der Waals surface area contributed by atoms with Crippen LogP contribution < -0.4 is 4.72 Å². The number of nitrogens with one attached hydrogen (secondary N) is 1. The number of furan rings is 1. The Bertz CT molecular complexity index is 929. The number of nitro benzene ring substituents is 1. The highest BCUT2D eigenvalue weighted by atomic mass is 32.2. The molecule has 0 saturated carbocycles. The first-order chi connectivity index (χ1) is 13.2. The molecule has 0 aliphatic carbocycles. The second kappa shape index (κ2) is 8.42. The largest absolute Gasteiger partial charge is 0.466 e. The van der Waals surface area contributed by atoms with Crippen LogP contribution >= 0.6 is 0 Å². The van der Waals surface area contributed by atoms with Crippen molar-refractivity contribution in [2.45, 2.75) is 38.1 Å². The van der Waals surface area contributed by atoms with E-state index in [4.69, 9.17) is 4.42 Å². The van der Waals surface area contributed by atoms with Gasteiger partial charge in [0.25, 0.3) is 5.69 Å². The summed E-state index contributed by atoms with van der Waals surface area (Å²) in [5.74, 6) is 2.15. The molecule has 1 aliphatic rings. The maximum atomic E-state index is 12.4. The first kappa shape index (κ1) is 20.5. The number of likely N-dealkylation sites (tertiary alicyclic amines) is 1. The Hall–Kier alpha value is -2.23. The molecule has 1 fully saturated rings. The van der Waals surface area contributed by atoms with E-state index in [-0.39, 0.29) is 16.5 Å². The third-order valence-electron chi connectivity index (χ3n) is 5.16. The molecule has 152 valence electrons. The number of nitrogens with zero attached hydrogens (tertiary/aromatic N) is 2. The number of hydrogen-bond donors (Lipinski definition) is 1. The monoisotopic (exact) mass is 407 g/mol. The van der Waals surface area contributed by atoms with Crippen molar-refractivity contribution in [3.05, 3.63) is 57.5 Å². The van der Waals surface area contributed by atoms with Crippen molar-refractivity contribution in [1.82, 2.24) is 9.62 Å². The van der Waals surface area contributed by atoms with Crippen LogP contribution in [0.5, 0.6) is 0 Å². The van der Waals surface area contributed by atoms with Gasteiger partial charge in [-0.2, -0.15) is 0 Å². The van der Waals surface area contributed by atoms with Crippen molar-refractivity contribution in [1.29, 1.82) is 0 Å². The molecular formula is C19H25N3O5S. The molecule has 0 spiro atoms. The number of hydrogen-bond acceptors (Lipinski definition) is 6. The lowest BCUT2D eigenvalue weighted by molar-refractivity contribution is -0.384. The van der Waals surface area contributed by atoms with E-state index in [0.29, 0.717) is 6.54 Å². The molecule has 1 aromatic heterocycles. The molecule has 0 atom stereocenters. The van der Waals surface area contributed by atoms with E-state index >= 15 is 0 Å². The van der Waals surface area contributed by atoms with Crippen molar-refractivity contribution in [2.24, 2.45) is 5.92 Å². The highest BCUT2D eigenvalue weighted by molar-refractivity contribution is 7.89. The molecule has 2 aromatic rings. The fraction of sp³-hybridized carbons (Fsp3) is 0.474. The molecule has 1 saturated heterocycles. The van der Waals surface area contributed by atoms with Crippen molar-refractivity contribution in [2.75, 3.05) is 19.6 Å². The minimum absolute atomic E-state index is 0.0429. The summed E-state index contributed by atoms with van der Waals surface area (Å²) in [7, 11) is -3.67. The van der Waals surface area contributed by atoms with Gasteiger partial charge in [-0.1, -0.05) is 0 Å². The summed E-state index contributed by atoms with van der Waals surface area (Å²) < 4.78 is 33.0. The Morgan fingerprint density at radius 1 is 1.21 bits per heavy atom. The van der Waals surface area contributed by atoms with Gasteiger partial charge in [-0.25, -0.2) is 13.1 Å². The third kappa shape index (κ3) is 4.98. The summed E-state index contributed by atoms with van der Waals surface area (Å²) in [6.07, 6.45) is 1.83. The van der Waals surface area contributed by atoms with Gasteiger partial charge >= 0.3 is 0 Å². The van der Waals surface area contributed by atoms with Crippen molar-refractivity contribution < 1.29 is 17.8 Å². The van der Waals surface area contributed by atoms with Crippen LogP contribution in [-0.2, 0) is 16.6 Å². The molecule has 1 aromatic carbocycles. The predicted octanol–water partition coefficient (Wildman–Crippen LogP) is 3.00. The van der Waals surface area contributed by atoms with E-state index in [1.165, 1.54) is 29.8 Å². The maximum Gasteiger partial charge on any atom is 0.269 e. The quantitative estimate of drug-likeness (QED) is 0.559. The second-order valence-electron chi connectivity index (χ2n) is 7.26. The number of nitro groups is 1. The molecule has 0 amide bonds. The lowest BCUT2D eigenvalue weighted by Crippen LogP contribution is -2.38. The highest BCUT2D eigenvalue weighted by Crippen LogP contribution is 2.22. The molecule has 9 heteroatoms. The average molecular weight is 407 g/mol. The molecule has 0 bridgehead atoms. The standard InChI is InChI=1S/C19H25N3O5S/c1-14-11-17(15(2)27-14)13-21-9-7-16(8-10-21)12-20-28(25,26)19-5-3-18(4-6-19)22(23)24/h3-6,11,16,20H,7-10,12-13H2,1-2H3. The molecule has 1 N–H and O–H groups in total. The van der Waals surface area contributed by atoms with Gasteiger partial charge in [0.05, 0.1) is 9.82 Å². The van der Waals surface area contributed by atoms with E-state index in [1.807, 2.05) is 13.8 Å². The van der Waals surface area contributed by atoms with Crippen LogP contribution in [0.1, 0.15) is 29.9 Å². The number of rotatable bonds is 7. The van der Waals surface area contributed by atoms with Gasteiger partial charge in [-0.3, -0.25) is 15.0 Å². The van der Waals surface area contributed by atoms with Crippen molar-refractivity contribution in [3.8, 4) is 0 Å². The van der Waals surface area contributed by atoms with Gasteiger partial charge in [0.15, 0.2) is 0 Å². The predicted molar refractivity (Wildman–Crippen MR) is 104 cm³/mol. The van der Waals surface area contributed by atoms with Crippen LogP contribution in [-0.4, -0.2) is 37.9 Å².